The monoisotopic (exact) mass is 307 g/mol. The summed E-state index contributed by atoms with van der Waals surface area (Å²) in [5, 5.41) is 21.2. The molecular weight excluding hydrogens is 297 g/mol. The molecule has 0 aliphatic heterocycles. The number of nitrogens with zero attached hydrogens (tertiary/aromatic N) is 1. The molecule has 0 spiro atoms. The Balaban J connectivity index is 2.11. The minimum Gasteiger partial charge on any atom is -0.481 e. The highest BCUT2D eigenvalue weighted by molar-refractivity contribution is 7.10. The molecule has 0 radical (unpaired) electrons. The zero-order chi connectivity index (χ0) is 15.2. The zero-order valence-electron chi connectivity index (χ0n) is 10.7. The number of rotatable bonds is 4. The molecule has 2 aromatic rings. The Bertz CT molecular complexity index is 717. The predicted octanol–water partition coefficient (Wildman–Crippen LogP) is 2.72. The average molecular weight is 307 g/mol. The lowest BCUT2D eigenvalue weighted by Crippen LogP contribution is -1.98. The first kappa shape index (κ1) is 15.0. The maximum absolute atomic E-state index is 13.1. The topological polar surface area (TPSA) is 72.6 Å². The molecule has 0 saturated carbocycles. The van der Waals surface area contributed by atoms with Crippen molar-refractivity contribution < 1.29 is 19.2 Å². The first-order valence-electron chi connectivity index (χ1n) is 5.84. The Hall–Kier alpha value is -2.43. The van der Waals surface area contributed by atoms with Gasteiger partial charge in [0.25, 0.3) is 0 Å². The van der Waals surface area contributed by atoms with Crippen LogP contribution in [0.1, 0.15) is 10.4 Å². The second-order valence-electron chi connectivity index (χ2n) is 3.92. The fourth-order valence-electron chi connectivity index (χ4n) is 1.57. The van der Waals surface area contributed by atoms with Crippen molar-refractivity contribution in [3.63, 3.8) is 0 Å². The largest absolute Gasteiger partial charge is 0.481 e. The van der Waals surface area contributed by atoms with Crippen molar-refractivity contribution in [1.29, 1.82) is 0 Å². The quantitative estimate of drug-likeness (QED) is 0.535. The Morgan fingerprint density at radius 2 is 2.24 bits per heavy atom. The van der Waals surface area contributed by atoms with Crippen LogP contribution in [0.5, 0.6) is 5.75 Å². The van der Waals surface area contributed by atoms with E-state index < -0.39 is 10.7 Å². The average Bonchev–Trinajstić information content (AvgIpc) is 2.90. The maximum atomic E-state index is 13.1. The van der Waals surface area contributed by atoms with Crippen LogP contribution in [0.25, 0.3) is 0 Å². The number of nitro groups is 1. The number of hydrogen-bond donors (Lipinski definition) is 1. The molecule has 0 saturated heterocycles. The summed E-state index contributed by atoms with van der Waals surface area (Å²) < 4.78 is 18.5. The molecule has 0 aliphatic carbocycles. The van der Waals surface area contributed by atoms with Crippen LogP contribution < -0.4 is 4.74 Å². The van der Waals surface area contributed by atoms with Crippen molar-refractivity contribution in [1.82, 2.24) is 0 Å². The van der Waals surface area contributed by atoms with Crippen LogP contribution in [0.3, 0.4) is 0 Å². The summed E-state index contributed by atoms with van der Waals surface area (Å²) in [5.74, 6) is 4.54. The summed E-state index contributed by atoms with van der Waals surface area (Å²) in [4.78, 5) is 11.0. The van der Waals surface area contributed by atoms with E-state index in [2.05, 4.69) is 11.8 Å². The van der Waals surface area contributed by atoms with Gasteiger partial charge in [0.2, 0.25) is 0 Å². The minimum atomic E-state index is -0.624. The van der Waals surface area contributed by atoms with Crippen LogP contribution >= 0.6 is 11.3 Å². The van der Waals surface area contributed by atoms with Gasteiger partial charge in [-0.15, -0.1) is 11.3 Å². The van der Waals surface area contributed by atoms with Crippen LogP contribution in [0.4, 0.5) is 10.1 Å². The number of hydrogen-bond acceptors (Lipinski definition) is 5. The van der Waals surface area contributed by atoms with E-state index >= 15 is 0 Å². The number of benzene rings is 1. The van der Waals surface area contributed by atoms with Crippen LogP contribution in [-0.4, -0.2) is 16.6 Å². The van der Waals surface area contributed by atoms with Crippen molar-refractivity contribution in [3.05, 3.63) is 56.0 Å². The molecule has 0 unspecified atom stereocenters. The van der Waals surface area contributed by atoms with Crippen molar-refractivity contribution >= 4 is 17.0 Å². The highest BCUT2D eigenvalue weighted by Crippen LogP contribution is 2.28. The summed E-state index contributed by atoms with van der Waals surface area (Å²) >= 11 is 1.36. The van der Waals surface area contributed by atoms with E-state index in [1.807, 2.05) is 0 Å². The van der Waals surface area contributed by atoms with Crippen LogP contribution in [0, 0.1) is 27.8 Å². The molecule has 1 N–H and O–H groups in total. The molecule has 0 amide bonds. The Morgan fingerprint density at radius 3 is 2.95 bits per heavy atom. The summed E-state index contributed by atoms with van der Waals surface area (Å²) in [7, 11) is 0. The standard InChI is InChI=1S/C14H10FNO4S/c15-11-3-4-13(16(18)19)14(7-11)20-8-12-6-10(9-21-12)2-1-5-17/h3-4,6-7,9,17H,5,8H2. The second kappa shape index (κ2) is 6.83. The Labute approximate surface area is 123 Å². The first-order valence-corrected chi connectivity index (χ1v) is 6.72. The number of thiophene rings is 1. The van der Waals surface area contributed by atoms with Gasteiger partial charge >= 0.3 is 5.69 Å². The van der Waals surface area contributed by atoms with Crippen LogP contribution in [-0.2, 0) is 6.61 Å². The van der Waals surface area contributed by atoms with Gasteiger partial charge < -0.3 is 9.84 Å². The van der Waals surface area contributed by atoms with Gasteiger partial charge in [-0.3, -0.25) is 10.1 Å². The van der Waals surface area contributed by atoms with E-state index in [1.54, 1.807) is 11.4 Å². The van der Waals surface area contributed by atoms with E-state index in [9.17, 15) is 14.5 Å². The molecule has 1 heterocycles. The number of halogens is 1. The van der Waals surface area contributed by atoms with Gasteiger partial charge in [0.15, 0.2) is 5.75 Å². The summed E-state index contributed by atoms with van der Waals surface area (Å²) in [6.07, 6.45) is 0. The number of nitro benzene ring substituents is 1. The number of aliphatic hydroxyl groups is 1. The third-order valence-corrected chi connectivity index (χ3v) is 3.36. The van der Waals surface area contributed by atoms with E-state index in [1.165, 1.54) is 11.3 Å². The van der Waals surface area contributed by atoms with Gasteiger partial charge in [0.1, 0.15) is 19.0 Å². The van der Waals surface area contributed by atoms with E-state index in [-0.39, 0.29) is 24.7 Å². The highest BCUT2D eigenvalue weighted by Gasteiger charge is 2.16. The number of aliphatic hydroxyl groups excluding tert-OH is 1. The maximum Gasteiger partial charge on any atom is 0.311 e. The van der Waals surface area contributed by atoms with Crippen LogP contribution in [0.2, 0.25) is 0 Å². The first-order chi connectivity index (χ1) is 10.1. The fourth-order valence-corrected chi connectivity index (χ4v) is 2.29. The number of ether oxygens (including phenoxy) is 1. The van der Waals surface area contributed by atoms with E-state index in [0.29, 0.717) is 0 Å². The molecule has 5 nitrogen and oxygen atoms in total. The molecular formula is C14H10FNO4S. The summed E-state index contributed by atoms with van der Waals surface area (Å²) in [6.45, 7) is -0.146. The normalized spacial score (nSPS) is 9.81. The van der Waals surface area contributed by atoms with E-state index in [0.717, 1.165) is 28.6 Å². The molecule has 0 aliphatic rings. The van der Waals surface area contributed by atoms with Gasteiger partial charge in [-0.2, -0.15) is 0 Å². The highest BCUT2D eigenvalue weighted by atomic mass is 32.1. The van der Waals surface area contributed by atoms with Crippen molar-refractivity contribution in [2.24, 2.45) is 0 Å². The third-order valence-electron chi connectivity index (χ3n) is 2.45. The van der Waals surface area contributed by atoms with Crippen molar-refractivity contribution in [2.45, 2.75) is 6.61 Å². The molecule has 108 valence electrons. The van der Waals surface area contributed by atoms with Crippen LogP contribution in [0.15, 0.2) is 29.6 Å². The zero-order valence-corrected chi connectivity index (χ0v) is 11.5. The van der Waals surface area contributed by atoms with Crippen molar-refractivity contribution in [3.8, 4) is 17.6 Å². The smallest absolute Gasteiger partial charge is 0.311 e. The predicted molar refractivity (Wildman–Crippen MR) is 75.7 cm³/mol. The fraction of sp³-hybridized carbons (Fsp3) is 0.143. The minimum absolute atomic E-state index is 0.0791. The van der Waals surface area contributed by atoms with Gasteiger partial charge in [0, 0.05) is 28.0 Å². The van der Waals surface area contributed by atoms with E-state index in [4.69, 9.17) is 9.84 Å². The second-order valence-corrected chi connectivity index (χ2v) is 4.92. The Morgan fingerprint density at radius 1 is 1.43 bits per heavy atom. The lowest BCUT2D eigenvalue weighted by Gasteiger charge is -2.05. The SMILES string of the molecule is O=[N+]([O-])c1ccc(F)cc1OCc1cc(C#CCO)cs1. The lowest BCUT2D eigenvalue weighted by atomic mass is 10.3. The van der Waals surface area contributed by atoms with Gasteiger partial charge in [-0.25, -0.2) is 4.39 Å². The van der Waals surface area contributed by atoms with Crippen molar-refractivity contribution in [2.75, 3.05) is 6.61 Å². The Kier molecular flexibility index (Phi) is 4.87. The summed E-state index contributed by atoms with van der Waals surface area (Å²) in [6, 6.07) is 4.81. The molecule has 21 heavy (non-hydrogen) atoms. The molecule has 1 aromatic carbocycles. The molecule has 0 atom stereocenters. The molecule has 2 rings (SSSR count). The van der Waals surface area contributed by atoms with Gasteiger partial charge in [-0.05, 0) is 12.1 Å². The van der Waals surface area contributed by atoms with Gasteiger partial charge in [-0.1, -0.05) is 11.8 Å². The molecule has 0 bridgehead atoms. The summed E-state index contributed by atoms with van der Waals surface area (Å²) in [5.41, 5.74) is 0.439. The third kappa shape index (κ3) is 4.02. The van der Waals surface area contributed by atoms with Gasteiger partial charge in [0.05, 0.1) is 4.92 Å². The molecule has 1 aromatic heterocycles. The molecule has 7 heteroatoms. The molecule has 0 fully saturated rings. The lowest BCUT2D eigenvalue weighted by molar-refractivity contribution is -0.386.